The van der Waals surface area contributed by atoms with Crippen molar-refractivity contribution in [2.24, 2.45) is 0 Å². The topological polar surface area (TPSA) is 32.3 Å². The molecule has 0 heterocycles. The molecule has 0 aliphatic heterocycles. The van der Waals surface area contributed by atoms with Crippen LogP contribution < -0.4 is 5.32 Å². The molecule has 0 amide bonds. The van der Waals surface area contributed by atoms with Gasteiger partial charge < -0.3 is 10.4 Å². The minimum absolute atomic E-state index is 0.102. The quantitative estimate of drug-likeness (QED) is 0.740. The van der Waals surface area contributed by atoms with Gasteiger partial charge in [-0.1, -0.05) is 12.1 Å². The predicted octanol–water partition coefficient (Wildman–Crippen LogP) is 1.47. The van der Waals surface area contributed by atoms with Gasteiger partial charge in [-0.25, -0.2) is 4.39 Å². The van der Waals surface area contributed by atoms with Crippen LogP contribution in [-0.2, 0) is 0 Å². The summed E-state index contributed by atoms with van der Waals surface area (Å²) in [5, 5.41) is 11.8. The van der Waals surface area contributed by atoms with Crippen LogP contribution in [0.1, 0.15) is 18.0 Å². The summed E-state index contributed by atoms with van der Waals surface area (Å²) < 4.78 is 12.6. The molecule has 0 radical (unpaired) electrons. The smallest absolute Gasteiger partial charge is 0.123 e. The highest BCUT2D eigenvalue weighted by Gasteiger charge is 2.07. The standard InChI is InChI=1S/C10H14FNO/c1-12-10(6-7-13)8-2-4-9(11)5-3-8/h2-5,10,12-13H,6-7H2,1H3. The zero-order chi connectivity index (χ0) is 9.68. The van der Waals surface area contributed by atoms with Crippen LogP contribution in [0.2, 0.25) is 0 Å². The molecule has 0 aliphatic rings. The molecule has 2 N–H and O–H groups in total. The summed E-state index contributed by atoms with van der Waals surface area (Å²) in [5.41, 5.74) is 0.998. The summed E-state index contributed by atoms with van der Waals surface area (Å²) >= 11 is 0. The first-order chi connectivity index (χ1) is 6.27. The van der Waals surface area contributed by atoms with E-state index in [-0.39, 0.29) is 18.5 Å². The first kappa shape index (κ1) is 10.2. The van der Waals surface area contributed by atoms with Crippen LogP contribution in [0.25, 0.3) is 0 Å². The molecule has 0 aliphatic carbocycles. The zero-order valence-electron chi connectivity index (χ0n) is 7.63. The van der Waals surface area contributed by atoms with Gasteiger partial charge in [-0.15, -0.1) is 0 Å². The van der Waals surface area contributed by atoms with Gasteiger partial charge in [0.05, 0.1) is 0 Å². The molecule has 1 aromatic rings. The lowest BCUT2D eigenvalue weighted by atomic mass is 10.0. The van der Waals surface area contributed by atoms with Gasteiger partial charge in [0.15, 0.2) is 0 Å². The average Bonchev–Trinajstić information content (AvgIpc) is 2.16. The first-order valence-corrected chi connectivity index (χ1v) is 4.31. The van der Waals surface area contributed by atoms with Crippen LogP contribution in [-0.4, -0.2) is 18.8 Å². The molecule has 1 atom stereocenters. The van der Waals surface area contributed by atoms with Crippen molar-refractivity contribution in [3.63, 3.8) is 0 Å². The molecule has 3 heteroatoms. The van der Waals surface area contributed by atoms with Crippen LogP contribution in [0.3, 0.4) is 0 Å². The van der Waals surface area contributed by atoms with E-state index in [1.54, 1.807) is 12.1 Å². The van der Waals surface area contributed by atoms with Gasteiger partial charge in [0.1, 0.15) is 5.82 Å². The number of aliphatic hydroxyl groups is 1. The van der Waals surface area contributed by atoms with E-state index in [0.717, 1.165) is 5.56 Å². The minimum Gasteiger partial charge on any atom is -0.396 e. The zero-order valence-corrected chi connectivity index (χ0v) is 7.63. The highest BCUT2D eigenvalue weighted by Crippen LogP contribution is 2.15. The van der Waals surface area contributed by atoms with Crippen molar-refractivity contribution < 1.29 is 9.50 Å². The highest BCUT2D eigenvalue weighted by atomic mass is 19.1. The molecule has 1 rings (SSSR count). The normalized spacial score (nSPS) is 12.8. The summed E-state index contributed by atoms with van der Waals surface area (Å²) in [6.07, 6.45) is 0.641. The van der Waals surface area contributed by atoms with Gasteiger partial charge in [0.2, 0.25) is 0 Å². The van der Waals surface area contributed by atoms with E-state index in [4.69, 9.17) is 5.11 Å². The number of halogens is 1. The minimum atomic E-state index is -0.234. The molecular formula is C10H14FNO. The number of aliphatic hydroxyl groups excluding tert-OH is 1. The number of rotatable bonds is 4. The van der Waals surface area contributed by atoms with Crippen molar-refractivity contribution in [1.29, 1.82) is 0 Å². The molecule has 2 nitrogen and oxygen atoms in total. The van der Waals surface area contributed by atoms with Gasteiger partial charge in [-0.2, -0.15) is 0 Å². The lowest BCUT2D eigenvalue weighted by molar-refractivity contribution is 0.269. The van der Waals surface area contributed by atoms with E-state index in [9.17, 15) is 4.39 Å². The lowest BCUT2D eigenvalue weighted by Crippen LogP contribution is -2.17. The molecule has 1 aromatic carbocycles. The number of benzene rings is 1. The second kappa shape index (κ2) is 4.94. The van der Waals surface area contributed by atoms with Crippen LogP contribution >= 0.6 is 0 Å². The Hall–Kier alpha value is -0.930. The second-order valence-electron chi connectivity index (χ2n) is 2.91. The van der Waals surface area contributed by atoms with E-state index < -0.39 is 0 Å². The summed E-state index contributed by atoms with van der Waals surface area (Å²) in [6, 6.07) is 6.41. The maximum absolute atomic E-state index is 12.6. The molecular weight excluding hydrogens is 169 g/mol. The maximum atomic E-state index is 12.6. The molecule has 0 saturated carbocycles. The molecule has 0 aromatic heterocycles. The fraction of sp³-hybridized carbons (Fsp3) is 0.400. The third-order valence-corrected chi connectivity index (χ3v) is 2.04. The Kier molecular flexibility index (Phi) is 3.86. The summed E-state index contributed by atoms with van der Waals surface area (Å²) in [6.45, 7) is 0.128. The van der Waals surface area contributed by atoms with E-state index in [1.807, 2.05) is 7.05 Å². The molecule has 13 heavy (non-hydrogen) atoms. The monoisotopic (exact) mass is 183 g/mol. The largest absolute Gasteiger partial charge is 0.396 e. The number of hydrogen-bond acceptors (Lipinski definition) is 2. The van der Waals surface area contributed by atoms with Crippen LogP contribution in [0.15, 0.2) is 24.3 Å². The average molecular weight is 183 g/mol. The van der Waals surface area contributed by atoms with Crippen LogP contribution in [0.4, 0.5) is 4.39 Å². The van der Waals surface area contributed by atoms with Crippen molar-refractivity contribution in [3.8, 4) is 0 Å². The lowest BCUT2D eigenvalue weighted by Gasteiger charge is -2.14. The Morgan fingerprint density at radius 3 is 2.46 bits per heavy atom. The molecule has 0 spiro atoms. The van der Waals surface area contributed by atoms with Crippen LogP contribution in [0, 0.1) is 5.82 Å². The molecule has 1 unspecified atom stereocenters. The fourth-order valence-corrected chi connectivity index (χ4v) is 1.30. The third kappa shape index (κ3) is 2.79. The molecule has 0 bridgehead atoms. The first-order valence-electron chi connectivity index (χ1n) is 4.31. The van der Waals surface area contributed by atoms with E-state index in [2.05, 4.69) is 5.32 Å². The summed E-state index contributed by atoms with van der Waals surface area (Å²) in [4.78, 5) is 0. The highest BCUT2D eigenvalue weighted by molar-refractivity contribution is 5.19. The van der Waals surface area contributed by atoms with Gasteiger partial charge >= 0.3 is 0 Å². The Bertz CT molecular complexity index is 248. The van der Waals surface area contributed by atoms with E-state index in [0.29, 0.717) is 6.42 Å². The Morgan fingerprint density at radius 1 is 1.38 bits per heavy atom. The molecule has 0 saturated heterocycles. The van der Waals surface area contributed by atoms with Crippen LogP contribution in [0.5, 0.6) is 0 Å². The Labute approximate surface area is 77.4 Å². The number of nitrogens with one attached hydrogen (secondary N) is 1. The molecule has 72 valence electrons. The maximum Gasteiger partial charge on any atom is 0.123 e. The van der Waals surface area contributed by atoms with E-state index in [1.165, 1.54) is 12.1 Å². The van der Waals surface area contributed by atoms with Gasteiger partial charge in [-0.05, 0) is 31.2 Å². The SMILES string of the molecule is CNC(CCO)c1ccc(F)cc1. The third-order valence-electron chi connectivity index (χ3n) is 2.04. The summed E-state index contributed by atoms with van der Waals surface area (Å²) in [5.74, 6) is -0.234. The Balaban J connectivity index is 2.73. The second-order valence-corrected chi connectivity index (χ2v) is 2.91. The Morgan fingerprint density at radius 2 is 2.00 bits per heavy atom. The predicted molar refractivity (Wildman–Crippen MR) is 49.9 cm³/mol. The number of hydrogen-bond donors (Lipinski definition) is 2. The fourth-order valence-electron chi connectivity index (χ4n) is 1.30. The van der Waals surface area contributed by atoms with Crippen molar-refractivity contribution in [1.82, 2.24) is 5.32 Å². The van der Waals surface area contributed by atoms with Crippen molar-refractivity contribution >= 4 is 0 Å². The van der Waals surface area contributed by atoms with Gasteiger partial charge in [0.25, 0.3) is 0 Å². The summed E-state index contributed by atoms with van der Waals surface area (Å²) in [7, 11) is 1.82. The van der Waals surface area contributed by atoms with Gasteiger partial charge in [0, 0.05) is 12.6 Å². The van der Waals surface area contributed by atoms with Gasteiger partial charge in [-0.3, -0.25) is 0 Å². The molecule has 0 fully saturated rings. The van der Waals surface area contributed by atoms with E-state index >= 15 is 0 Å². The van der Waals surface area contributed by atoms with Crippen molar-refractivity contribution in [3.05, 3.63) is 35.6 Å². The van der Waals surface area contributed by atoms with Crippen molar-refractivity contribution in [2.75, 3.05) is 13.7 Å². The van der Waals surface area contributed by atoms with Crippen molar-refractivity contribution in [2.45, 2.75) is 12.5 Å².